The van der Waals surface area contributed by atoms with E-state index in [-0.39, 0.29) is 11.4 Å². The summed E-state index contributed by atoms with van der Waals surface area (Å²) >= 11 is 0. The second kappa shape index (κ2) is 2.97. The van der Waals surface area contributed by atoms with E-state index in [1.807, 2.05) is 0 Å². The van der Waals surface area contributed by atoms with Gasteiger partial charge in [-0.3, -0.25) is 0 Å². The summed E-state index contributed by atoms with van der Waals surface area (Å²) in [7, 11) is 0. The molecule has 0 unspecified atom stereocenters. The Morgan fingerprint density at radius 1 is 1.36 bits per heavy atom. The topological polar surface area (TPSA) is 55.1 Å². The fraction of sp³-hybridized carbons (Fsp3) is 0.300. The number of nitrogens with two attached hydrogens (primary N) is 1. The normalized spacial score (nSPS) is 17.5. The molecule has 4 heteroatoms. The molecule has 2 rings (SSSR count). The van der Waals surface area contributed by atoms with Crippen LogP contribution in [0.1, 0.15) is 18.4 Å². The minimum atomic E-state index is -0.535. The van der Waals surface area contributed by atoms with Gasteiger partial charge >= 0.3 is 6.03 Å². The largest absolute Gasteiger partial charge is 0.352 e. The molecular formula is C10H11FN2O. The Bertz CT molecular complexity index is 357. The quantitative estimate of drug-likeness (QED) is 0.736. The van der Waals surface area contributed by atoms with E-state index in [0.29, 0.717) is 0 Å². The lowest BCUT2D eigenvalue weighted by Gasteiger charge is -2.15. The van der Waals surface area contributed by atoms with E-state index in [1.165, 1.54) is 12.1 Å². The van der Waals surface area contributed by atoms with Crippen LogP contribution in [0.25, 0.3) is 0 Å². The highest BCUT2D eigenvalue weighted by Crippen LogP contribution is 2.45. The van der Waals surface area contributed by atoms with Gasteiger partial charge in [0.1, 0.15) is 5.82 Å². The van der Waals surface area contributed by atoms with Crippen molar-refractivity contribution in [1.29, 1.82) is 0 Å². The lowest BCUT2D eigenvalue weighted by Crippen LogP contribution is -2.38. The number of hydrogen-bond acceptors (Lipinski definition) is 1. The van der Waals surface area contributed by atoms with E-state index >= 15 is 0 Å². The van der Waals surface area contributed by atoms with Crippen molar-refractivity contribution in [1.82, 2.24) is 5.32 Å². The molecule has 3 nitrogen and oxygen atoms in total. The predicted molar refractivity (Wildman–Crippen MR) is 50.0 cm³/mol. The number of rotatable bonds is 2. The van der Waals surface area contributed by atoms with Gasteiger partial charge < -0.3 is 11.1 Å². The van der Waals surface area contributed by atoms with Crippen LogP contribution in [0.15, 0.2) is 24.3 Å². The number of nitrogens with one attached hydrogen (secondary N) is 1. The smallest absolute Gasteiger partial charge is 0.312 e. The SMILES string of the molecule is NC(=O)NC1(c2ccc(F)cc2)CC1. The predicted octanol–water partition coefficient (Wildman–Crippen LogP) is 1.48. The molecule has 1 saturated carbocycles. The summed E-state index contributed by atoms with van der Waals surface area (Å²) in [5.41, 5.74) is 5.64. The molecule has 2 amide bonds. The van der Waals surface area contributed by atoms with E-state index in [4.69, 9.17) is 5.73 Å². The molecule has 14 heavy (non-hydrogen) atoms. The fourth-order valence-corrected chi connectivity index (χ4v) is 1.62. The van der Waals surface area contributed by atoms with E-state index in [9.17, 15) is 9.18 Å². The molecule has 0 atom stereocenters. The first-order valence-electron chi connectivity index (χ1n) is 4.46. The molecule has 1 fully saturated rings. The van der Waals surface area contributed by atoms with Gasteiger partial charge in [-0.2, -0.15) is 0 Å². The number of primary amides is 1. The average Bonchev–Trinajstić information content (AvgIpc) is 2.85. The first-order chi connectivity index (χ1) is 6.62. The Balaban J connectivity index is 2.22. The third kappa shape index (κ3) is 1.55. The van der Waals surface area contributed by atoms with Crippen molar-refractivity contribution in [3.05, 3.63) is 35.6 Å². The molecule has 0 radical (unpaired) electrons. The molecule has 1 aliphatic carbocycles. The fourth-order valence-electron chi connectivity index (χ4n) is 1.62. The number of urea groups is 1. The number of benzene rings is 1. The summed E-state index contributed by atoms with van der Waals surface area (Å²) in [6, 6.07) is 5.60. The van der Waals surface area contributed by atoms with Gasteiger partial charge in [0.25, 0.3) is 0 Å². The maximum absolute atomic E-state index is 12.6. The monoisotopic (exact) mass is 194 g/mol. The minimum Gasteiger partial charge on any atom is -0.352 e. The van der Waals surface area contributed by atoms with Crippen molar-refractivity contribution in [2.24, 2.45) is 5.73 Å². The summed E-state index contributed by atoms with van der Waals surface area (Å²) in [6.45, 7) is 0. The Kier molecular flexibility index (Phi) is 1.91. The lowest BCUT2D eigenvalue weighted by molar-refractivity contribution is 0.244. The molecule has 0 heterocycles. The second-order valence-electron chi connectivity index (χ2n) is 3.58. The van der Waals surface area contributed by atoms with Crippen LogP contribution in [0.4, 0.5) is 9.18 Å². The maximum Gasteiger partial charge on any atom is 0.312 e. The molecule has 74 valence electrons. The number of hydrogen-bond donors (Lipinski definition) is 2. The number of carbonyl (C=O) groups is 1. The summed E-state index contributed by atoms with van der Waals surface area (Å²) < 4.78 is 12.6. The van der Waals surface area contributed by atoms with Crippen LogP contribution >= 0.6 is 0 Å². The number of amides is 2. The van der Waals surface area contributed by atoms with Gasteiger partial charge in [-0.25, -0.2) is 9.18 Å². The van der Waals surface area contributed by atoms with Crippen LogP contribution < -0.4 is 11.1 Å². The molecule has 0 saturated heterocycles. The molecule has 1 aromatic rings. The average molecular weight is 194 g/mol. The molecule has 0 bridgehead atoms. The van der Waals surface area contributed by atoms with Crippen LogP contribution in [0.2, 0.25) is 0 Å². The van der Waals surface area contributed by atoms with Crippen LogP contribution in [0.5, 0.6) is 0 Å². The third-order valence-corrected chi connectivity index (χ3v) is 2.51. The number of carbonyl (C=O) groups excluding carboxylic acids is 1. The van der Waals surface area contributed by atoms with E-state index < -0.39 is 6.03 Å². The van der Waals surface area contributed by atoms with E-state index in [2.05, 4.69) is 5.32 Å². The highest BCUT2D eigenvalue weighted by Gasteiger charge is 2.45. The molecule has 0 aromatic heterocycles. The van der Waals surface area contributed by atoms with Crippen molar-refractivity contribution >= 4 is 6.03 Å². The summed E-state index contributed by atoms with van der Waals surface area (Å²) in [5.74, 6) is -0.274. The van der Waals surface area contributed by atoms with Gasteiger partial charge in [0, 0.05) is 0 Å². The van der Waals surface area contributed by atoms with Gasteiger partial charge in [0.2, 0.25) is 0 Å². The minimum absolute atomic E-state index is 0.274. The maximum atomic E-state index is 12.6. The molecule has 0 aliphatic heterocycles. The highest BCUT2D eigenvalue weighted by atomic mass is 19.1. The summed E-state index contributed by atoms with van der Waals surface area (Å²) in [6.07, 6.45) is 1.73. The summed E-state index contributed by atoms with van der Waals surface area (Å²) in [5, 5.41) is 2.68. The van der Waals surface area contributed by atoms with Crippen molar-refractivity contribution in [3.63, 3.8) is 0 Å². The van der Waals surface area contributed by atoms with Crippen molar-refractivity contribution < 1.29 is 9.18 Å². The molecular weight excluding hydrogens is 183 g/mol. The number of halogens is 1. The van der Waals surface area contributed by atoms with Crippen LogP contribution in [0.3, 0.4) is 0 Å². The van der Waals surface area contributed by atoms with E-state index in [0.717, 1.165) is 18.4 Å². The third-order valence-electron chi connectivity index (χ3n) is 2.51. The van der Waals surface area contributed by atoms with Gasteiger partial charge in [-0.05, 0) is 30.5 Å². The molecule has 0 spiro atoms. The first-order valence-corrected chi connectivity index (χ1v) is 4.46. The first kappa shape index (κ1) is 8.99. The lowest BCUT2D eigenvalue weighted by atomic mass is 10.1. The highest BCUT2D eigenvalue weighted by molar-refractivity contribution is 5.73. The zero-order valence-electron chi connectivity index (χ0n) is 7.59. The van der Waals surface area contributed by atoms with Gasteiger partial charge in [0.05, 0.1) is 5.54 Å². The summed E-state index contributed by atoms with van der Waals surface area (Å²) in [4.78, 5) is 10.7. The Morgan fingerprint density at radius 2 is 1.93 bits per heavy atom. The Morgan fingerprint density at radius 3 is 2.36 bits per heavy atom. The van der Waals surface area contributed by atoms with Crippen LogP contribution in [-0.4, -0.2) is 6.03 Å². The zero-order valence-corrected chi connectivity index (χ0v) is 7.59. The second-order valence-corrected chi connectivity index (χ2v) is 3.58. The molecule has 3 N–H and O–H groups in total. The molecule has 1 aliphatic rings. The molecule has 1 aromatic carbocycles. The van der Waals surface area contributed by atoms with Crippen molar-refractivity contribution in [2.45, 2.75) is 18.4 Å². The Hall–Kier alpha value is -1.58. The van der Waals surface area contributed by atoms with Gasteiger partial charge in [0.15, 0.2) is 0 Å². The van der Waals surface area contributed by atoms with Crippen molar-refractivity contribution in [3.8, 4) is 0 Å². The Labute approximate surface area is 81.1 Å². The van der Waals surface area contributed by atoms with Crippen LogP contribution in [0, 0.1) is 5.82 Å². The van der Waals surface area contributed by atoms with Crippen molar-refractivity contribution in [2.75, 3.05) is 0 Å². The van der Waals surface area contributed by atoms with Crippen LogP contribution in [-0.2, 0) is 5.54 Å². The van der Waals surface area contributed by atoms with E-state index in [1.54, 1.807) is 12.1 Å². The van der Waals surface area contributed by atoms with Gasteiger partial charge in [-0.1, -0.05) is 12.1 Å². The van der Waals surface area contributed by atoms with Gasteiger partial charge in [-0.15, -0.1) is 0 Å². The zero-order chi connectivity index (χ0) is 10.2. The standard InChI is InChI=1S/C10H11FN2O/c11-8-3-1-7(2-4-8)10(5-6-10)13-9(12)14/h1-4H,5-6H2,(H3,12,13,14).